The number of ether oxygens (including phenoxy) is 2. The Morgan fingerprint density at radius 2 is 1.87 bits per heavy atom. The molecule has 0 atom stereocenters. The summed E-state index contributed by atoms with van der Waals surface area (Å²) < 4.78 is 10.1. The largest absolute Gasteiger partial charge is 0.493 e. The van der Waals surface area contributed by atoms with Crippen molar-refractivity contribution < 1.29 is 19.4 Å². The van der Waals surface area contributed by atoms with Gasteiger partial charge >= 0.3 is 5.97 Å². The molecular formula is C11H12O4. The van der Waals surface area contributed by atoms with E-state index in [0.717, 1.165) is 0 Å². The molecule has 0 unspecified atom stereocenters. The first-order valence-electron chi connectivity index (χ1n) is 4.25. The van der Waals surface area contributed by atoms with Crippen molar-refractivity contribution in [3.05, 3.63) is 29.8 Å². The van der Waals surface area contributed by atoms with Crippen LogP contribution in [0.2, 0.25) is 0 Å². The Morgan fingerprint density at radius 3 is 2.27 bits per heavy atom. The van der Waals surface area contributed by atoms with Crippen LogP contribution in [-0.4, -0.2) is 25.3 Å². The topological polar surface area (TPSA) is 55.8 Å². The van der Waals surface area contributed by atoms with E-state index < -0.39 is 5.97 Å². The third-order valence-corrected chi connectivity index (χ3v) is 2.01. The first-order chi connectivity index (χ1) is 7.13. The van der Waals surface area contributed by atoms with Crippen LogP contribution < -0.4 is 9.47 Å². The van der Waals surface area contributed by atoms with Crippen LogP contribution in [0.5, 0.6) is 11.5 Å². The first kappa shape index (κ1) is 11.1. The maximum absolute atomic E-state index is 10.9. The van der Waals surface area contributed by atoms with Gasteiger partial charge in [-0.15, -0.1) is 0 Å². The number of rotatable bonds is 4. The zero-order chi connectivity index (χ0) is 11.4. The van der Waals surface area contributed by atoms with Gasteiger partial charge in [0, 0.05) is 0 Å². The van der Waals surface area contributed by atoms with Crippen LogP contribution in [0.4, 0.5) is 0 Å². The normalized spacial score (nSPS) is 9.47. The summed E-state index contributed by atoms with van der Waals surface area (Å²) in [6, 6.07) is 2.99. The maximum Gasteiger partial charge on any atom is 0.336 e. The summed E-state index contributed by atoms with van der Waals surface area (Å²) in [5.41, 5.74) is 0.641. The maximum atomic E-state index is 10.9. The van der Waals surface area contributed by atoms with Crippen molar-refractivity contribution in [2.75, 3.05) is 14.2 Å². The highest BCUT2D eigenvalue weighted by atomic mass is 16.5. The molecular weight excluding hydrogens is 196 g/mol. The molecule has 0 saturated carbocycles. The van der Waals surface area contributed by atoms with Crippen molar-refractivity contribution in [3.63, 3.8) is 0 Å². The van der Waals surface area contributed by atoms with E-state index in [2.05, 4.69) is 6.58 Å². The molecule has 1 aromatic rings. The third kappa shape index (κ3) is 2.10. The Morgan fingerprint density at radius 1 is 1.33 bits per heavy atom. The zero-order valence-corrected chi connectivity index (χ0v) is 8.61. The lowest BCUT2D eigenvalue weighted by Gasteiger charge is -2.10. The summed E-state index contributed by atoms with van der Waals surface area (Å²) in [5, 5.41) is 8.94. The van der Waals surface area contributed by atoms with Gasteiger partial charge in [0.2, 0.25) is 0 Å². The minimum absolute atomic E-state index is 0.141. The summed E-state index contributed by atoms with van der Waals surface area (Å²) in [6.45, 7) is 3.55. The van der Waals surface area contributed by atoms with Crippen LogP contribution >= 0.6 is 0 Å². The molecule has 0 radical (unpaired) electrons. The molecule has 1 rings (SSSR count). The quantitative estimate of drug-likeness (QED) is 0.822. The van der Waals surface area contributed by atoms with Gasteiger partial charge < -0.3 is 14.6 Å². The van der Waals surface area contributed by atoms with Gasteiger partial charge in [-0.1, -0.05) is 12.7 Å². The molecule has 1 N–H and O–H groups in total. The van der Waals surface area contributed by atoms with Gasteiger partial charge in [-0.3, -0.25) is 0 Å². The summed E-state index contributed by atoms with van der Waals surface area (Å²) in [7, 11) is 2.95. The molecule has 0 amide bonds. The van der Waals surface area contributed by atoms with E-state index in [0.29, 0.717) is 17.1 Å². The molecule has 4 heteroatoms. The molecule has 15 heavy (non-hydrogen) atoms. The van der Waals surface area contributed by atoms with Crippen LogP contribution in [0.15, 0.2) is 18.7 Å². The predicted molar refractivity (Wildman–Crippen MR) is 56.6 cm³/mol. The summed E-state index contributed by atoms with van der Waals surface area (Å²) >= 11 is 0. The van der Waals surface area contributed by atoms with Crippen LogP contribution in [0.1, 0.15) is 15.9 Å². The van der Waals surface area contributed by atoms with Crippen molar-refractivity contribution in [2.24, 2.45) is 0 Å². The average Bonchev–Trinajstić information content (AvgIpc) is 2.26. The summed E-state index contributed by atoms with van der Waals surface area (Å²) in [6.07, 6.45) is 1.46. The Kier molecular flexibility index (Phi) is 3.33. The summed E-state index contributed by atoms with van der Waals surface area (Å²) in [5.74, 6) is -0.149. The number of hydrogen-bond acceptors (Lipinski definition) is 3. The van der Waals surface area contributed by atoms with Gasteiger partial charge in [0.15, 0.2) is 11.5 Å². The van der Waals surface area contributed by atoms with E-state index in [9.17, 15) is 4.79 Å². The first-order valence-corrected chi connectivity index (χ1v) is 4.25. The van der Waals surface area contributed by atoms with E-state index in [1.165, 1.54) is 26.4 Å². The number of methoxy groups -OCH3 is 2. The van der Waals surface area contributed by atoms with Crippen LogP contribution in [0.25, 0.3) is 6.08 Å². The molecule has 0 spiro atoms. The molecule has 0 fully saturated rings. The average molecular weight is 208 g/mol. The highest BCUT2D eigenvalue weighted by Crippen LogP contribution is 2.30. The van der Waals surface area contributed by atoms with Crippen molar-refractivity contribution in [1.29, 1.82) is 0 Å². The van der Waals surface area contributed by atoms with Crippen molar-refractivity contribution in [1.82, 2.24) is 0 Å². The number of aromatic carboxylic acids is 1. The van der Waals surface area contributed by atoms with Crippen molar-refractivity contribution >= 4 is 12.0 Å². The van der Waals surface area contributed by atoms with Gasteiger partial charge in [-0.05, 0) is 17.7 Å². The third-order valence-electron chi connectivity index (χ3n) is 2.01. The second kappa shape index (κ2) is 4.50. The highest BCUT2D eigenvalue weighted by Gasteiger charge is 2.13. The van der Waals surface area contributed by atoms with E-state index in [-0.39, 0.29) is 5.56 Å². The number of carboxylic acids is 1. The lowest BCUT2D eigenvalue weighted by atomic mass is 10.1. The fourth-order valence-corrected chi connectivity index (χ4v) is 1.25. The van der Waals surface area contributed by atoms with Crippen LogP contribution in [0.3, 0.4) is 0 Å². The minimum Gasteiger partial charge on any atom is -0.493 e. The fourth-order valence-electron chi connectivity index (χ4n) is 1.25. The molecule has 0 aliphatic heterocycles. The van der Waals surface area contributed by atoms with E-state index in [4.69, 9.17) is 14.6 Å². The molecule has 0 aromatic heterocycles. The van der Waals surface area contributed by atoms with Gasteiger partial charge in [0.05, 0.1) is 19.8 Å². The highest BCUT2D eigenvalue weighted by molar-refractivity contribution is 5.93. The number of carboxylic acid groups (broad SMARTS) is 1. The molecule has 0 saturated heterocycles. The van der Waals surface area contributed by atoms with Crippen molar-refractivity contribution in [3.8, 4) is 11.5 Å². The fraction of sp³-hybridized carbons (Fsp3) is 0.182. The second-order valence-electron chi connectivity index (χ2n) is 2.80. The van der Waals surface area contributed by atoms with Gasteiger partial charge in [0.1, 0.15) is 0 Å². The second-order valence-corrected chi connectivity index (χ2v) is 2.80. The van der Waals surface area contributed by atoms with Crippen LogP contribution in [0, 0.1) is 0 Å². The molecule has 0 bridgehead atoms. The standard InChI is InChI=1S/C11H12O4/c1-4-7-5-9(14-2)10(15-3)6-8(7)11(12)13/h4-6H,1H2,2-3H3,(H,12,13). The molecule has 4 nitrogen and oxygen atoms in total. The molecule has 0 aliphatic rings. The summed E-state index contributed by atoms with van der Waals surface area (Å²) in [4.78, 5) is 10.9. The van der Waals surface area contributed by atoms with E-state index >= 15 is 0 Å². The lowest BCUT2D eigenvalue weighted by Crippen LogP contribution is -2.01. The Labute approximate surface area is 87.7 Å². The number of hydrogen-bond donors (Lipinski definition) is 1. The van der Waals surface area contributed by atoms with Crippen molar-refractivity contribution in [2.45, 2.75) is 0 Å². The SMILES string of the molecule is C=Cc1cc(OC)c(OC)cc1C(=O)O. The van der Waals surface area contributed by atoms with E-state index in [1.54, 1.807) is 6.07 Å². The molecule has 0 heterocycles. The smallest absolute Gasteiger partial charge is 0.336 e. The van der Waals surface area contributed by atoms with E-state index in [1.807, 2.05) is 0 Å². The minimum atomic E-state index is -1.02. The number of carbonyl (C=O) groups is 1. The zero-order valence-electron chi connectivity index (χ0n) is 8.61. The van der Waals surface area contributed by atoms with Crippen LogP contribution in [-0.2, 0) is 0 Å². The molecule has 1 aromatic carbocycles. The Hall–Kier alpha value is -1.97. The van der Waals surface area contributed by atoms with Gasteiger partial charge in [-0.25, -0.2) is 4.79 Å². The number of benzene rings is 1. The molecule has 80 valence electrons. The monoisotopic (exact) mass is 208 g/mol. The van der Waals surface area contributed by atoms with Gasteiger partial charge in [0.25, 0.3) is 0 Å². The Balaban J connectivity index is 3.40. The molecule has 0 aliphatic carbocycles. The lowest BCUT2D eigenvalue weighted by molar-refractivity contribution is 0.0696. The Bertz CT molecular complexity index is 396. The van der Waals surface area contributed by atoms with Gasteiger partial charge in [-0.2, -0.15) is 0 Å². The predicted octanol–water partition coefficient (Wildman–Crippen LogP) is 2.04.